The van der Waals surface area contributed by atoms with Gasteiger partial charge in [0.05, 0.1) is 24.4 Å². The van der Waals surface area contributed by atoms with E-state index in [-0.39, 0.29) is 43.0 Å². The number of ether oxygens (including phenoxy) is 1. The number of nitrogens with zero attached hydrogens (tertiary/aromatic N) is 3. The van der Waals surface area contributed by atoms with Crippen molar-refractivity contribution < 1.29 is 40.7 Å². The number of carbonyl (C=O) groups excluding carboxylic acids is 2. The lowest BCUT2D eigenvalue weighted by Gasteiger charge is -2.20. The molecular weight excluding hydrogens is 636 g/mol. The maximum atomic E-state index is 14.4. The van der Waals surface area contributed by atoms with Gasteiger partial charge in [0.15, 0.2) is 17.3 Å². The number of aromatic nitrogens is 3. The molecule has 1 atom stereocenters. The van der Waals surface area contributed by atoms with Crippen molar-refractivity contribution in [1.82, 2.24) is 14.5 Å². The first-order valence-electron chi connectivity index (χ1n) is 14.8. The fourth-order valence-electron chi connectivity index (χ4n) is 5.44. The minimum Gasteiger partial charge on any atom is -0.369 e. The second kappa shape index (κ2) is 14.8. The Hall–Kier alpha value is -5.10. The predicted molar refractivity (Wildman–Crippen MR) is 164 cm³/mol. The molecule has 12 heteroatoms. The molecule has 2 heterocycles. The van der Waals surface area contributed by atoms with E-state index in [1.165, 1.54) is 25.3 Å². The van der Waals surface area contributed by atoms with Crippen LogP contribution in [0.1, 0.15) is 58.0 Å². The van der Waals surface area contributed by atoms with Crippen LogP contribution in [0.15, 0.2) is 91.3 Å². The number of hydrogen-bond acceptors (Lipinski definition) is 5. The third kappa shape index (κ3) is 8.62. The first kappa shape index (κ1) is 34.2. The van der Waals surface area contributed by atoms with Crippen LogP contribution in [-0.4, -0.2) is 26.1 Å². The highest BCUT2D eigenvalue weighted by Gasteiger charge is 2.35. The largest absolute Gasteiger partial charge is 0.434 e. The fourth-order valence-corrected chi connectivity index (χ4v) is 5.44. The summed E-state index contributed by atoms with van der Waals surface area (Å²) >= 11 is 0. The second-order valence-electron chi connectivity index (χ2n) is 11.3. The minimum absolute atomic E-state index is 0.0734. The zero-order chi connectivity index (χ0) is 34.4. The molecule has 248 valence electrons. The molecule has 0 fully saturated rings. The molecule has 0 unspecified atom stereocenters. The Labute approximate surface area is 272 Å². The van der Waals surface area contributed by atoms with Crippen LogP contribution in [0.2, 0.25) is 0 Å². The summed E-state index contributed by atoms with van der Waals surface area (Å²) in [6, 6.07) is 19.1. The van der Waals surface area contributed by atoms with Crippen LogP contribution in [0.25, 0.3) is 11.1 Å². The van der Waals surface area contributed by atoms with E-state index >= 15 is 0 Å². The second-order valence-corrected chi connectivity index (χ2v) is 11.3. The number of halogens is 6. The summed E-state index contributed by atoms with van der Waals surface area (Å²) in [5, 5.41) is 0. The van der Waals surface area contributed by atoms with E-state index in [1.54, 1.807) is 36.4 Å². The highest BCUT2D eigenvalue weighted by molar-refractivity contribution is 5.95. The van der Waals surface area contributed by atoms with Crippen molar-refractivity contribution in [2.45, 2.75) is 51.6 Å². The van der Waals surface area contributed by atoms with E-state index in [2.05, 4.69) is 9.97 Å². The van der Waals surface area contributed by atoms with Gasteiger partial charge in [-0.1, -0.05) is 42.5 Å². The Morgan fingerprint density at radius 3 is 2.29 bits per heavy atom. The van der Waals surface area contributed by atoms with Gasteiger partial charge in [-0.15, -0.1) is 0 Å². The van der Waals surface area contributed by atoms with Gasteiger partial charge < -0.3 is 9.30 Å². The summed E-state index contributed by atoms with van der Waals surface area (Å²) in [5.41, 5.74) is 0.811. The lowest BCUT2D eigenvalue weighted by Crippen LogP contribution is -2.18. The van der Waals surface area contributed by atoms with Crippen LogP contribution >= 0.6 is 0 Å². The number of alkyl halides is 3. The summed E-state index contributed by atoms with van der Waals surface area (Å²) < 4.78 is 90.3. The zero-order valence-corrected chi connectivity index (χ0v) is 25.6. The highest BCUT2D eigenvalue weighted by atomic mass is 19.4. The van der Waals surface area contributed by atoms with Crippen molar-refractivity contribution in [3.63, 3.8) is 0 Å². The third-order valence-electron chi connectivity index (χ3n) is 7.60. The van der Waals surface area contributed by atoms with E-state index in [0.717, 1.165) is 34.5 Å². The number of benzene rings is 3. The lowest BCUT2D eigenvalue weighted by atomic mass is 9.86. The van der Waals surface area contributed by atoms with Crippen LogP contribution < -0.4 is 0 Å². The molecule has 5 aromatic rings. The van der Waals surface area contributed by atoms with Gasteiger partial charge >= 0.3 is 6.18 Å². The summed E-state index contributed by atoms with van der Waals surface area (Å²) in [5.74, 6) is -4.36. The summed E-state index contributed by atoms with van der Waals surface area (Å²) in [4.78, 5) is 33.8. The normalized spacial score (nSPS) is 12.2. The number of pyridine rings is 1. The molecule has 5 rings (SSSR count). The molecule has 48 heavy (non-hydrogen) atoms. The molecule has 0 amide bonds. The van der Waals surface area contributed by atoms with Crippen LogP contribution in [0.3, 0.4) is 0 Å². The highest BCUT2D eigenvalue weighted by Crippen LogP contribution is 2.34. The molecule has 0 aliphatic heterocycles. The number of carbonyl (C=O) groups is 2. The Balaban J connectivity index is 1.46. The van der Waals surface area contributed by atoms with Gasteiger partial charge in [0, 0.05) is 36.4 Å². The Kier molecular flexibility index (Phi) is 10.5. The van der Waals surface area contributed by atoms with Crippen LogP contribution in [-0.2, 0) is 41.9 Å². The SMILES string of the molecule is CC(=O)c1cc(-c2cccnc2[C@@H](CC(=O)Cn2cc(C(F)(F)F)nc2COCc2ccccc2)Cc2cc(F)cc(F)c2)ccc1F. The molecule has 6 nitrogen and oxygen atoms in total. The average molecular weight is 666 g/mol. The number of ketones is 2. The maximum absolute atomic E-state index is 14.4. The Morgan fingerprint density at radius 1 is 0.875 bits per heavy atom. The van der Waals surface area contributed by atoms with Gasteiger partial charge in [-0.05, 0) is 60.4 Å². The minimum atomic E-state index is -4.77. The number of rotatable bonds is 13. The molecule has 0 aliphatic carbocycles. The van der Waals surface area contributed by atoms with Crippen molar-refractivity contribution in [1.29, 1.82) is 0 Å². The number of hydrogen-bond donors (Lipinski definition) is 0. The van der Waals surface area contributed by atoms with Gasteiger partial charge in [0.25, 0.3) is 0 Å². The van der Waals surface area contributed by atoms with Crippen LogP contribution in [0, 0.1) is 17.5 Å². The van der Waals surface area contributed by atoms with Gasteiger partial charge in [-0.2, -0.15) is 13.2 Å². The predicted octanol–water partition coefficient (Wildman–Crippen LogP) is 8.29. The molecule has 0 radical (unpaired) electrons. The van der Waals surface area contributed by atoms with Crippen LogP contribution in [0.5, 0.6) is 0 Å². The van der Waals surface area contributed by atoms with E-state index in [1.807, 2.05) is 6.07 Å². The van der Waals surface area contributed by atoms with E-state index in [4.69, 9.17) is 4.74 Å². The molecule has 0 bridgehead atoms. The molecular formula is C36H29F6N3O3. The van der Waals surface area contributed by atoms with Crippen molar-refractivity contribution in [2.75, 3.05) is 0 Å². The van der Waals surface area contributed by atoms with Gasteiger partial charge in [-0.25, -0.2) is 18.2 Å². The zero-order valence-electron chi connectivity index (χ0n) is 25.6. The van der Waals surface area contributed by atoms with Crippen molar-refractivity contribution in [3.05, 3.63) is 143 Å². The molecule has 0 saturated heterocycles. The summed E-state index contributed by atoms with van der Waals surface area (Å²) in [6.45, 7) is 0.506. The average Bonchev–Trinajstić information content (AvgIpc) is 3.44. The van der Waals surface area contributed by atoms with E-state index in [9.17, 15) is 35.9 Å². The fraction of sp³-hybridized carbons (Fsp3) is 0.222. The molecule has 0 N–H and O–H groups in total. The van der Waals surface area contributed by atoms with Crippen molar-refractivity contribution in [3.8, 4) is 11.1 Å². The monoisotopic (exact) mass is 665 g/mol. The van der Waals surface area contributed by atoms with Crippen molar-refractivity contribution in [2.24, 2.45) is 0 Å². The van der Waals surface area contributed by atoms with Gasteiger partial charge in [-0.3, -0.25) is 14.6 Å². The smallest absolute Gasteiger partial charge is 0.369 e. The Morgan fingerprint density at radius 2 is 1.60 bits per heavy atom. The van der Waals surface area contributed by atoms with E-state index < -0.39 is 53.4 Å². The van der Waals surface area contributed by atoms with Crippen molar-refractivity contribution >= 4 is 11.6 Å². The topological polar surface area (TPSA) is 74.1 Å². The summed E-state index contributed by atoms with van der Waals surface area (Å²) in [6.07, 6.45) is -2.96. The first-order chi connectivity index (χ1) is 22.9. The molecule has 0 saturated carbocycles. The summed E-state index contributed by atoms with van der Waals surface area (Å²) in [7, 11) is 0. The standard InChI is InChI=1S/C36H29F6N3O3/c1-22(46)31-16-25(9-10-32(31)39)30-8-5-11-43-35(30)26(12-24-13-27(37)17-28(38)14-24)15-29(47)18-45-19-33(36(40,41)42)44-34(45)21-48-20-23-6-3-2-4-7-23/h2-11,13-14,16-17,19,26H,12,15,18,20-21H2,1H3/t26-/m1/s1. The third-order valence-corrected chi connectivity index (χ3v) is 7.60. The number of imidazole rings is 1. The molecule has 0 spiro atoms. The molecule has 0 aliphatic rings. The number of Topliss-reactive ketones (excluding diaryl/α,β-unsaturated/α-hetero) is 2. The van der Waals surface area contributed by atoms with Gasteiger partial charge in [0.1, 0.15) is 29.9 Å². The first-order valence-corrected chi connectivity index (χ1v) is 14.8. The van der Waals surface area contributed by atoms with E-state index in [0.29, 0.717) is 22.9 Å². The molecule has 2 aromatic heterocycles. The molecule has 3 aromatic carbocycles. The maximum Gasteiger partial charge on any atom is 0.434 e. The lowest BCUT2D eigenvalue weighted by molar-refractivity contribution is -0.141. The Bertz CT molecular complexity index is 1900. The van der Waals surface area contributed by atoms with Gasteiger partial charge in [0.2, 0.25) is 0 Å². The van der Waals surface area contributed by atoms with Crippen LogP contribution in [0.4, 0.5) is 26.3 Å². The quantitative estimate of drug-likeness (QED) is 0.0935.